The van der Waals surface area contributed by atoms with E-state index in [9.17, 15) is 14.7 Å². The van der Waals surface area contributed by atoms with Gasteiger partial charge in [0.15, 0.2) is 5.54 Å². The number of aliphatic hydroxyl groups is 1. The van der Waals surface area contributed by atoms with Crippen LogP contribution in [0, 0.1) is 0 Å². The van der Waals surface area contributed by atoms with Crippen molar-refractivity contribution in [1.82, 2.24) is 10.2 Å². The van der Waals surface area contributed by atoms with Crippen LogP contribution in [0.1, 0.15) is 24.5 Å². The van der Waals surface area contributed by atoms with E-state index in [1.807, 2.05) is 36.4 Å². The summed E-state index contributed by atoms with van der Waals surface area (Å²) in [4.78, 5) is 26.8. The standard InChI is InChI=1S/C22H24N2O5/c1-2-15-7-9-17(10-8-15)29-14-16(25)13-24-20(26)22(23-21(24)27)11-12-28-19-6-4-3-5-18(19)22/h3-10,16,25H,2,11-14H2,1H3,(H,23,27). The van der Waals surface area contributed by atoms with Crippen LogP contribution in [0.25, 0.3) is 0 Å². The van der Waals surface area contributed by atoms with Crippen molar-refractivity contribution in [2.24, 2.45) is 0 Å². The zero-order valence-corrected chi connectivity index (χ0v) is 16.3. The van der Waals surface area contributed by atoms with Gasteiger partial charge in [-0.2, -0.15) is 0 Å². The molecule has 2 atom stereocenters. The summed E-state index contributed by atoms with van der Waals surface area (Å²) in [6.45, 7) is 2.25. The molecule has 29 heavy (non-hydrogen) atoms. The third-order valence-electron chi connectivity index (χ3n) is 5.42. The lowest BCUT2D eigenvalue weighted by molar-refractivity contribution is -0.133. The molecule has 152 valence electrons. The molecule has 0 bridgehead atoms. The van der Waals surface area contributed by atoms with Gasteiger partial charge >= 0.3 is 6.03 Å². The van der Waals surface area contributed by atoms with Gasteiger partial charge in [0.25, 0.3) is 5.91 Å². The van der Waals surface area contributed by atoms with Crippen molar-refractivity contribution < 1.29 is 24.2 Å². The van der Waals surface area contributed by atoms with Gasteiger partial charge in [-0.05, 0) is 30.2 Å². The van der Waals surface area contributed by atoms with Gasteiger partial charge in [-0.25, -0.2) is 4.79 Å². The smallest absolute Gasteiger partial charge is 0.325 e. The van der Waals surface area contributed by atoms with Crippen LogP contribution in [0.4, 0.5) is 4.79 Å². The monoisotopic (exact) mass is 396 g/mol. The zero-order chi connectivity index (χ0) is 20.4. The number of hydrogen-bond donors (Lipinski definition) is 2. The number of amides is 3. The van der Waals surface area contributed by atoms with Crippen LogP contribution >= 0.6 is 0 Å². The van der Waals surface area contributed by atoms with Crippen LogP contribution in [-0.2, 0) is 16.8 Å². The molecule has 2 unspecified atom stereocenters. The topological polar surface area (TPSA) is 88.1 Å². The molecule has 0 radical (unpaired) electrons. The molecule has 7 nitrogen and oxygen atoms in total. The van der Waals surface area contributed by atoms with E-state index in [2.05, 4.69) is 12.2 Å². The molecule has 1 saturated heterocycles. The van der Waals surface area contributed by atoms with E-state index in [1.54, 1.807) is 12.1 Å². The van der Waals surface area contributed by atoms with Gasteiger partial charge in [0.1, 0.15) is 24.2 Å². The number of carbonyl (C=O) groups is 2. The molecule has 1 fully saturated rings. The van der Waals surface area contributed by atoms with Gasteiger partial charge in [0.2, 0.25) is 0 Å². The number of aryl methyl sites for hydroxylation is 1. The molecular weight excluding hydrogens is 372 g/mol. The van der Waals surface area contributed by atoms with Crippen molar-refractivity contribution in [1.29, 1.82) is 0 Å². The molecule has 3 amide bonds. The summed E-state index contributed by atoms with van der Waals surface area (Å²) in [5.41, 5.74) is 0.704. The summed E-state index contributed by atoms with van der Waals surface area (Å²) >= 11 is 0. The first-order valence-electron chi connectivity index (χ1n) is 9.79. The molecule has 1 spiro atoms. The summed E-state index contributed by atoms with van der Waals surface area (Å²) in [7, 11) is 0. The number of benzene rings is 2. The Morgan fingerprint density at radius 1 is 1.21 bits per heavy atom. The van der Waals surface area contributed by atoms with Crippen LogP contribution in [0.5, 0.6) is 11.5 Å². The van der Waals surface area contributed by atoms with Crippen LogP contribution in [0.3, 0.4) is 0 Å². The third-order valence-corrected chi connectivity index (χ3v) is 5.42. The first-order valence-corrected chi connectivity index (χ1v) is 9.79. The largest absolute Gasteiger partial charge is 0.493 e. The maximum atomic E-state index is 13.2. The predicted molar refractivity (Wildman–Crippen MR) is 106 cm³/mol. The average Bonchev–Trinajstić information content (AvgIpc) is 2.97. The number of aliphatic hydroxyl groups excluding tert-OH is 1. The first-order chi connectivity index (χ1) is 14.0. The van der Waals surface area contributed by atoms with E-state index in [0.717, 1.165) is 11.3 Å². The second-order valence-corrected chi connectivity index (χ2v) is 7.31. The molecule has 4 rings (SSSR count). The summed E-state index contributed by atoms with van der Waals surface area (Å²) in [5.74, 6) is 0.853. The van der Waals surface area contributed by atoms with Crippen molar-refractivity contribution in [3.63, 3.8) is 0 Å². The van der Waals surface area contributed by atoms with E-state index in [0.29, 0.717) is 30.1 Å². The number of ether oxygens (including phenoxy) is 2. The van der Waals surface area contributed by atoms with Gasteiger partial charge in [-0.15, -0.1) is 0 Å². The van der Waals surface area contributed by atoms with Gasteiger partial charge in [0.05, 0.1) is 13.2 Å². The van der Waals surface area contributed by atoms with Crippen molar-refractivity contribution in [2.75, 3.05) is 19.8 Å². The predicted octanol–water partition coefficient (Wildman–Crippen LogP) is 2.22. The fraction of sp³-hybridized carbons (Fsp3) is 0.364. The number of fused-ring (bicyclic) bond motifs is 2. The molecule has 2 N–H and O–H groups in total. The van der Waals surface area contributed by atoms with E-state index in [1.165, 1.54) is 5.56 Å². The number of β-amino-alcohol motifs (C(OH)–C–C–N with tert-alkyl or cyclic N) is 1. The van der Waals surface area contributed by atoms with Gasteiger partial charge in [-0.3, -0.25) is 9.69 Å². The minimum atomic E-state index is -1.14. The normalized spacial score (nSPS) is 21.5. The van der Waals surface area contributed by atoms with Crippen LogP contribution in [0.15, 0.2) is 48.5 Å². The van der Waals surface area contributed by atoms with Crippen molar-refractivity contribution in [2.45, 2.75) is 31.4 Å². The second-order valence-electron chi connectivity index (χ2n) is 7.31. The average molecular weight is 396 g/mol. The van der Waals surface area contributed by atoms with E-state index in [-0.39, 0.29) is 19.1 Å². The van der Waals surface area contributed by atoms with Gasteiger partial charge in [-0.1, -0.05) is 37.3 Å². The molecule has 2 aromatic carbocycles. The minimum absolute atomic E-state index is 0.0186. The number of para-hydroxylation sites is 1. The van der Waals surface area contributed by atoms with Crippen molar-refractivity contribution in [3.05, 3.63) is 59.7 Å². The maximum absolute atomic E-state index is 13.2. The highest BCUT2D eigenvalue weighted by atomic mass is 16.5. The lowest BCUT2D eigenvalue weighted by atomic mass is 9.84. The van der Waals surface area contributed by atoms with Crippen molar-refractivity contribution >= 4 is 11.9 Å². The molecular formula is C22H24N2O5. The lowest BCUT2D eigenvalue weighted by Crippen LogP contribution is -2.48. The molecule has 2 aliphatic rings. The summed E-state index contributed by atoms with van der Waals surface area (Å²) < 4.78 is 11.2. The number of urea groups is 1. The fourth-order valence-electron chi connectivity index (χ4n) is 3.81. The maximum Gasteiger partial charge on any atom is 0.325 e. The number of nitrogens with one attached hydrogen (secondary N) is 1. The Hall–Kier alpha value is -3.06. The Morgan fingerprint density at radius 3 is 2.72 bits per heavy atom. The Bertz CT molecular complexity index is 914. The van der Waals surface area contributed by atoms with Crippen LogP contribution in [-0.4, -0.2) is 47.8 Å². The lowest BCUT2D eigenvalue weighted by Gasteiger charge is -2.33. The second kappa shape index (κ2) is 7.75. The minimum Gasteiger partial charge on any atom is -0.493 e. The van der Waals surface area contributed by atoms with E-state index >= 15 is 0 Å². The number of carbonyl (C=O) groups excluding carboxylic acids is 2. The van der Waals surface area contributed by atoms with Gasteiger partial charge < -0.3 is 19.9 Å². The number of nitrogens with zero attached hydrogens (tertiary/aromatic N) is 1. The number of rotatable bonds is 6. The van der Waals surface area contributed by atoms with E-state index < -0.39 is 17.7 Å². The molecule has 7 heteroatoms. The molecule has 0 aromatic heterocycles. The Kier molecular flexibility index (Phi) is 5.15. The van der Waals surface area contributed by atoms with Crippen LogP contribution in [0.2, 0.25) is 0 Å². The Morgan fingerprint density at radius 2 is 1.97 bits per heavy atom. The Balaban J connectivity index is 1.43. The van der Waals surface area contributed by atoms with Crippen molar-refractivity contribution in [3.8, 4) is 11.5 Å². The highest BCUT2D eigenvalue weighted by Crippen LogP contribution is 2.40. The Labute approximate surface area is 169 Å². The molecule has 0 aliphatic carbocycles. The molecule has 2 heterocycles. The highest BCUT2D eigenvalue weighted by molar-refractivity contribution is 6.08. The number of imide groups is 1. The van der Waals surface area contributed by atoms with E-state index in [4.69, 9.17) is 9.47 Å². The highest BCUT2D eigenvalue weighted by Gasteiger charge is 2.55. The first kappa shape index (κ1) is 19.3. The number of hydrogen-bond acceptors (Lipinski definition) is 5. The third kappa shape index (κ3) is 3.53. The summed E-state index contributed by atoms with van der Waals surface area (Å²) in [5, 5.41) is 13.2. The summed E-state index contributed by atoms with van der Waals surface area (Å²) in [6.07, 6.45) is 0.285. The SMILES string of the molecule is CCc1ccc(OCC(O)CN2C(=O)NC3(CCOc4ccccc43)C2=O)cc1. The zero-order valence-electron chi connectivity index (χ0n) is 16.3. The molecule has 2 aliphatic heterocycles. The molecule has 0 saturated carbocycles. The fourth-order valence-corrected chi connectivity index (χ4v) is 3.81. The quantitative estimate of drug-likeness (QED) is 0.731. The van der Waals surface area contributed by atoms with Gasteiger partial charge in [0, 0.05) is 12.0 Å². The summed E-state index contributed by atoms with van der Waals surface area (Å²) in [6, 6.07) is 14.3. The van der Waals surface area contributed by atoms with Crippen LogP contribution < -0.4 is 14.8 Å². The molecule has 2 aromatic rings.